The highest BCUT2D eigenvalue weighted by atomic mass is 16.5. The SMILES string of the molecule is COc1cccc(C(=O)N2CCCN(C(=O)C(C)N3C(=O)c4ccccc4C3=O)CC2)c1. The molecule has 32 heavy (non-hydrogen) atoms. The van der Waals surface area contributed by atoms with Crippen LogP contribution in [0.4, 0.5) is 0 Å². The molecule has 8 nitrogen and oxygen atoms in total. The monoisotopic (exact) mass is 435 g/mol. The van der Waals surface area contributed by atoms with Crippen molar-refractivity contribution in [2.45, 2.75) is 19.4 Å². The van der Waals surface area contributed by atoms with Crippen LogP contribution in [0.5, 0.6) is 5.75 Å². The molecule has 1 saturated heterocycles. The second kappa shape index (κ2) is 8.82. The van der Waals surface area contributed by atoms with Gasteiger partial charge in [0.2, 0.25) is 5.91 Å². The Morgan fingerprint density at radius 1 is 0.875 bits per heavy atom. The van der Waals surface area contributed by atoms with Gasteiger partial charge < -0.3 is 14.5 Å². The maximum atomic E-state index is 13.2. The van der Waals surface area contributed by atoms with Crippen LogP contribution in [-0.2, 0) is 4.79 Å². The Kier molecular flexibility index (Phi) is 5.94. The first-order valence-corrected chi connectivity index (χ1v) is 10.6. The third-order valence-electron chi connectivity index (χ3n) is 5.98. The van der Waals surface area contributed by atoms with Crippen LogP contribution in [0.3, 0.4) is 0 Å². The first-order chi connectivity index (χ1) is 15.4. The fourth-order valence-corrected chi connectivity index (χ4v) is 4.21. The van der Waals surface area contributed by atoms with Crippen molar-refractivity contribution in [1.29, 1.82) is 0 Å². The molecule has 2 aromatic carbocycles. The highest BCUT2D eigenvalue weighted by Gasteiger charge is 2.41. The summed E-state index contributed by atoms with van der Waals surface area (Å²) in [6, 6.07) is 12.7. The lowest BCUT2D eigenvalue weighted by Crippen LogP contribution is -2.50. The number of hydrogen-bond donors (Lipinski definition) is 0. The molecule has 1 atom stereocenters. The van der Waals surface area contributed by atoms with Gasteiger partial charge in [-0.3, -0.25) is 24.1 Å². The maximum Gasteiger partial charge on any atom is 0.262 e. The topological polar surface area (TPSA) is 87.2 Å². The number of rotatable bonds is 4. The van der Waals surface area contributed by atoms with Gasteiger partial charge in [-0.25, -0.2) is 0 Å². The van der Waals surface area contributed by atoms with Crippen molar-refractivity contribution in [1.82, 2.24) is 14.7 Å². The fourth-order valence-electron chi connectivity index (χ4n) is 4.21. The van der Waals surface area contributed by atoms with Crippen molar-refractivity contribution in [3.63, 3.8) is 0 Å². The van der Waals surface area contributed by atoms with Crippen LogP contribution < -0.4 is 4.74 Å². The van der Waals surface area contributed by atoms with Crippen molar-refractivity contribution >= 4 is 23.6 Å². The van der Waals surface area contributed by atoms with E-state index in [1.54, 1.807) is 72.4 Å². The van der Waals surface area contributed by atoms with Gasteiger partial charge in [-0.15, -0.1) is 0 Å². The normalized spacial score (nSPS) is 17.1. The Balaban J connectivity index is 1.43. The molecule has 2 aromatic rings. The zero-order chi connectivity index (χ0) is 22.8. The van der Waals surface area contributed by atoms with E-state index in [9.17, 15) is 19.2 Å². The molecule has 8 heteroatoms. The summed E-state index contributed by atoms with van der Waals surface area (Å²) in [6.07, 6.45) is 0.607. The van der Waals surface area contributed by atoms with Gasteiger partial charge in [0.25, 0.3) is 17.7 Å². The first-order valence-electron chi connectivity index (χ1n) is 10.6. The van der Waals surface area contributed by atoms with Gasteiger partial charge in [-0.1, -0.05) is 18.2 Å². The number of ether oxygens (including phenoxy) is 1. The molecule has 2 heterocycles. The van der Waals surface area contributed by atoms with Crippen LogP contribution in [0.15, 0.2) is 48.5 Å². The molecule has 0 saturated carbocycles. The number of fused-ring (bicyclic) bond motifs is 1. The lowest BCUT2D eigenvalue weighted by atomic mass is 10.1. The lowest BCUT2D eigenvalue weighted by Gasteiger charge is -2.28. The summed E-state index contributed by atoms with van der Waals surface area (Å²) in [5, 5.41) is 0. The van der Waals surface area contributed by atoms with Crippen LogP contribution in [0.1, 0.15) is 44.4 Å². The first kappa shape index (κ1) is 21.5. The van der Waals surface area contributed by atoms with Crippen LogP contribution >= 0.6 is 0 Å². The Morgan fingerprint density at radius 3 is 2.16 bits per heavy atom. The largest absolute Gasteiger partial charge is 0.497 e. The molecule has 2 aliphatic heterocycles. The summed E-state index contributed by atoms with van der Waals surface area (Å²) < 4.78 is 5.20. The van der Waals surface area contributed by atoms with E-state index in [1.807, 2.05) is 0 Å². The van der Waals surface area contributed by atoms with E-state index >= 15 is 0 Å². The summed E-state index contributed by atoms with van der Waals surface area (Å²) in [7, 11) is 1.55. The number of hydrogen-bond acceptors (Lipinski definition) is 5. The summed E-state index contributed by atoms with van der Waals surface area (Å²) in [4.78, 5) is 55.9. The zero-order valence-electron chi connectivity index (χ0n) is 18.1. The molecule has 1 fully saturated rings. The number of nitrogens with zero attached hydrogens (tertiary/aromatic N) is 3. The van der Waals surface area contributed by atoms with Crippen LogP contribution in [-0.4, -0.2) is 77.7 Å². The number of carbonyl (C=O) groups excluding carboxylic acids is 4. The van der Waals surface area contributed by atoms with E-state index in [1.165, 1.54) is 0 Å². The molecule has 0 aliphatic carbocycles. The van der Waals surface area contributed by atoms with Gasteiger partial charge in [-0.2, -0.15) is 0 Å². The minimum atomic E-state index is -0.914. The molecule has 4 amide bonds. The molecule has 1 unspecified atom stereocenters. The number of amides is 4. The Labute approximate surface area is 186 Å². The van der Waals surface area contributed by atoms with Crippen molar-refractivity contribution < 1.29 is 23.9 Å². The Bertz CT molecular complexity index is 1050. The van der Waals surface area contributed by atoms with Crippen molar-refractivity contribution in [2.75, 3.05) is 33.3 Å². The van der Waals surface area contributed by atoms with E-state index in [0.29, 0.717) is 55.0 Å². The molecular formula is C24H25N3O5. The number of benzene rings is 2. The molecule has 0 radical (unpaired) electrons. The minimum Gasteiger partial charge on any atom is -0.497 e. The third kappa shape index (κ3) is 3.84. The van der Waals surface area contributed by atoms with E-state index < -0.39 is 17.9 Å². The maximum absolute atomic E-state index is 13.2. The van der Waals surface area contributed by atoms with Gasteiger partial charge in [0.1, 0.15) is 11.8 Å². The van der Waals surface area contributed by atoms with Crippen molar-refractivity contribution in [3.05, 3.63) is 65.2 Å². The summed E-state index contributed by atoms with van der Waals surface area (Å²) in [5.41, 5.74) is 1.18. The van der Waals surface area contributed by atoms with Crippen LogP contribution in [0.25, 0.3) is 0 Å². The Hall–Kier alpha value is -3.68. The minimum absolute atomic E-state index is 0.119. The molecular weight excluding hydrogens is 410 g/mol. The molecule has 166 valence electrons. The molecule has 2 aliphatic rings. The predicted molar refractivity (Wildman–Crippen MR) is 116 cm³/mol. The highest BCUT2D eigenvalue weighted by molar-refractivity contribution is 6.22. The van der Waals surface area contributed by atoms with E-state index in [0.717, 1.165) is 4.90 Å². The molecule has 0 bridgehead atoms. The molecule has 0 aromatic heterocycles. The fraction of sp³-hybridized carbons (Fsp3) is 0.333. The lowest BCUT2D eigenvalue weighted by molar-refractivity contribution is -0.134. The second-order valence-electron chi connectivity index (χ2n) is 7.90. The van der Waals surface area contributed by atoms with Crippen LogP contribution in [0, 0.1) is 0 Å². The summed E-state index contributed by atoms with van der Waals surface area (Å²) >= 11 is 0. The molecule has 0 N–H and O–H groups in total. The van der Waals surface area contributed by atoms with E-state index in [-0.39, 0.29) is 11.8 Å². The van der Waals surface area contributed by atoms with Gasteiger partial charge in [-0.05, 0) is 43.7 Å². The van der Waals surface area contributed by atoms with E-state index in [4.69, 9.17) is 4.74 Å². The van der Waals surface area contributed by atoms with Gasteiger partial charge >= 0.3 is 0 Å². The summed E-state index contributed by atoms with van der Waals surface area (Å²) in [6.45, 7) is 3.25. The van der Waals surface area contributed by atoms with Crippen LogP contribution in [0.2, 0.25) is 0 Å². The predicted octanol–water partition coefficient (Wildman–Crippen LogP) is 2.05. The molecule has 4 rings (SSSR count). The van der Waals surface area contributed by atoms with Gasteiger partial charge in [0, 0.05) is 31.7 Å². The summed E-state index contributed by atoms with van der Waals surface area (Å²) in [5.74, 6) is -0.703. The smallest absolute Gasteiger partial charge is 0.262 e. The average Bonchev–Trinajstić information content (AvgIpc) is 2.98. The van der Waals surface area contributed by atoms with Gasteiger partial charge in [0.05, 0.1) is 18.2 Å². The molecule has 0 spiro atoms. The standard InChI is InChI=1S/C24H25N3O5/c1-16(27-23(30)19-9-3-4-10-20(19)24(27)31)21(28)25-11-6-12-26(14-13-25)22(29)17-7-5-8-18(15-17)32-2/h3-5,7-10,15-16H,6,11-14H2,1-2H3. The third-order valence-corrected chi connectivity index (χ3v) is 5.98. The van der Waals surface area contributed by atoms with Crippen molar-refractivity contribution in [3.8, 4) is 5.75 Å². The average molecular weight is 435 g/mol. The number of imide groups is 1. The zero-order valence-corrected chi connectivity index (χ0v) is 18.1. The van der Waals surface area contributed by atoms with E-state index in [2.05, 4.69) is 0 Å². The van der Waals surface area contributed by atoms with Gasteiger partial charge in [0.15, 0.2) is 0 Å². The quantitative estimate of drug-likeness (QED) is 0.686. The number of carbonyl (C=O) groups is 4. The second-order valence-corrected chi connectivity index (χ2v) is 7.90. The highest BCUT2D eigenvalue weighted by Crippen LogP contribution is 2.25. The van der Waals surface area contributed by atoms with Crippen molar-refractivity contribution in [2.24, 2.45) is 0 Å². The number of methoxy groups -OCH3 is 1. The Morgan fingerprint density at radius 2 is 1.50 bits per heavy atom.